The van der Waals surface area contributed by atoms with Crippen molar-refractivity contribution < 1.29 is 9.53 Å². The summed E-state index contributed by atoms with van der Waals surface area (Å²) in [6, 6.07) is 9.47. The van der Waals surface area contributed by atoms with E-state index in [1.807, 2.05) is 11.1 Å². The zero-order valence-electron chi connectivity index (χ0n) is 12.5. The summed E-state index contributed by atoms with van der Waals surface area (Å²) < 4.78 is 5.43. The van der Waals surface area contributed by atoms with Crippen LogP contribution in [0, 0.1) is 11.3 Å². The zero-order chi connectivity index (χ0) is 15.2. The molecule has 1 fully saturated rings. The Labute approximate surface area is 125 Å². The van der Waals surface area contributed by atoms with Crippen LogP contribution in [0.4, 0.5) is 0 Å². The van der Waals surface area contributed by atoms with Crippen LogP contribution in [0.5, 0.6) is 5.75 Å². The predicted octanol–water partition coefficient (Wildman–Crippen LogP) is 2.23. The minimum Gasteiger partial charge on any atom is -0.484 e. The number of hydrogen-bond acceptors (Lipinski definition) is 4. The second-order valence-corrected chi connectivity index (χ2v) is 5.50. The molecule has 0 unspecified atom stereocenters. The Balaban J connectivity index is 1.82. The maximum Gasteiger partial charge on any atom is 0.272 e. The van der Waals surface area contributed by atoms with Gasteiger partial charge in [-0.25, -0.2) is 5.01 Å². The summed E-state index contributed by atoms with van der Waals surface area (Å²) in [6.07, 6.45) is 3.40. The summed E-state index contributed by atoms with van der Waals surface area (Å²) in [5.41, 5.74) is 3.50. The van der Waals surface area contributed by atoms with Gasteiger partial charge in [0, 0.05) is 12.1 Å². The van der Waals surface area contributed by atoms with Crippen molar-refractivity contribution in [3.05, 3.63) is 29.8 Å². The minimum absolute atomic E-state index is 0.0260. The second-order valence-electron chi connectivity index (χ2n) is 5.50. The van der Waals surface area contributed by atoms with Crippen LogP contribution in [0.15, 0.2) is 24.3 Å². The number of hydrazine groups is 1. The van der Waals surface area contributed by atoms with Crippen molar-refractivity contribution in [1.82, 2.24) is 10.4 Å². The van der Waals surface area contributed by atoms with E-state index >= 15 is 0 Å². The first kappa shape index (κ1) is 15.3. The number of nitrogens with zero attached hydrogens (tertiary/aromatic N) is 2. The summed E-state index contributed by atoms with van der Waals surface area (Å²) in [5.74, 6) is 0.434. The van der Waals surface area contributed by atoms with Crippen molar-refractivity contribution in [3.63, 3.8) is 0 Å². The van der Waals surface area contributed by atoms with Gasteiger partial charge in [0.15, 0.2) is 6.61 Å². The average molecular weight is 287 g/mol. The topological polar surface area (TPSA) is 65.4 Å². The molecule has 5 nitrogen and oxygen atoms in total. The molecule has 1 saturated heterocycles. The number of hydrogen-bond donors (Lipinski definition) is 1. The lowest BCUT2D eigenvalue weighted by molar-refractivity contribution is -0.131. The molecule has 1 heterocycles. The molecular formula is C16H21N3O2. The molecule has 0 bridgehead atoms. The van der Waals surface area contributed by atoms with E-state index in [9.17, 15) is 4.79 Å². The summed E-state index contributed by atoms with van der Waals surface area (Å²) in [5, 5.41) is 10.7. The van der Waals surface area contributed by atoms with Gasteiger partial charge in [-0.15, -0.1) is 0 Å². The SMILES string of the molecule is C[C@@H]1CCC[C@H](C)N1NC(=O)COc1ccc(C#N)cc1. The zero-order valence-corrected chi connectivity index (χ0v) is 12.5. The van der Waals surface area contributed by atoms with Gasteiger partial charge in [-0.3, -0.25) is 10.2 Å². The van der Waals surface area contributed by atoms with Gasteiger partial charge in [-0.05, 0) is 51.0 Å². The lowest BCUT2D eigenvalue weighted by Crippen LogP contribution is -2.55. The highest BCUT2D eigenvalue weighted by Gasteiger charge is 2.26. The summed E-state index contributed by atoms with van der Waals surface area (Å²) >= 11 is 0. The van der Waals surface area contributed by atoms with Crippen LogP contribution in [0.2, 0.25) is 0 Å². The maximum absolute atomic E-state index is 12.0. The van der Waals surface area contributed by atoms with E-state index in [1.54, 1.807) is 24.3 Å². The fraction of sp³-hybridized carbons (Fsp3) is 0.500. The molecule has 21 heavy (non-hydrogen) atoms. The summed E-state index contributed by atoms with van der Waals surface area (Å²) in [7, 11) is 0. The third-order valence-corrected chi connectivity index (χ3v) is 3.80. The first-order valence-electron chi connectivity index (χ1n) is 7.31. The van der Waals surface area contributed by atoms with Gasteiger partial charge in [-0.2, -0.15) is 5.26 Å². The molecule has 0 aliphatic carbocycles. The summed E-state index contributed by atoms with van der Waals surface area (Å²) in [6.45, 7) is 4.22. The molecule has 5 heteroatoms. The van der Waals surface area contributed by atoms with E-state index < -0.39 is 0 Å². The van der Waals surface area contributed by atoms with Gasteiger partial charge in [0.05, 0.1) is 11.6 Å². The molecule has 1 N–H and O–H groups in total. The molecular weight excluding hydrogens is 266 g/mol. The second kappa shape index (κ2) is 7.09. The van der Waals surface area contributed by atoms with E-state index in [2.05, 4.69) is 19.3 Å². The first-order chi connectivity index (χ1) is 10.1. The molecule has 112 valence electrons. The van der Waals surface area contributed by atoms with Crippen molar-refractivity contribution >= 4 is 5.91 Å². The number of nitrogens with one attached hydrogen (secondary N) is 1. The first-order valence-corrected chi connectivity index (χ1v) is 7.31. The molecule has 1 aliphatic rings. The lowest BCUT2D eigenvalue weighted by Gasteiger charge is -2.38. The number of piperidine rings is 1. The predicted molar refractivity (Wildman–Crippen MR) is 79.4 cm³/mol. The van der Waals surface area contributed by atoms with Crippen molar-refractivity contribution in [1.29, 1.82) is 5.26 Å². The molecule has 1 aromatic rings. The molecule has 0 spiro atoms. The smallest absolute Gasteiger partial charge is 0.272 e. The number of carbonyl (C=O) groups excluding carboxylic acids is 1. The molecule has 2 rings (SSSR count). The van der Waals surface area contributed by atoms with Gasteiger partial charge < -0.3 is 4.74 Å². The average Bonchev–Trinajstić information content (AvgIpc) is 2.49. The molecule has 0 radical (unpaired) electrons. The number of nitriles is 1. The fourth-order valence-corrected chi connectivity index (χ4v) is 2.59. The fourth-order valence-electron chi connectivity index (χ4n) is 2.59. The number of carbonyl (C=O) groups is 1. The highest BCUT2D eigenvalue weighted by molar-refractivity contribution is 5.77. The van der Waals surface area contributed by atoms with Crippen LogP contribution in [0.3, 0.4) is 0 Å². The Morgan fingerprint density at radius 3 is 2.52 bits per heavy atom. The summed E-state index contributed by atoms with van der Waals surface area (Å²) in [4.78, 5) is 12.0. The van der Waals surface area contributed by atoms with E-state index in [4.69, 9.17) is 10.00 Å². The Kier molecular flexibility index (Phi) is 5.18. The minimum atomic E-state index is -0.153. The van der Waals surface area contributed by atoms with Crippen LogP contribution in [0.25, 0.3) is 0 Å². The van der Waals surface area contributed by atoms with Gasteiger partial charge in [0.25, 0.3) is 5.91 Å². The van der Waals surface area contributed by atoms with E-state index in [0.29, 0.717) is 23.4 Å². The molecule has 0 saturated carbocycles. The van der Waals surface area contributed by atoms with Crippen LogP contribution >= 0.6 is 0 Å². The van der Waals surface area contributed by atoms with E-state index in [1.165, 1.54) is 6.42 Å². The van der Waals surface area contributed by atoms with Crippen LogP contribution < -0.4 is 10.2 Å². The van der Waals surface area contributed by atoms with E-state index in [0.717, 1.165) is 12.8 Å². The standard InChI is InChI=1S/C16H21N3O2/c1-12-4-3-5-13(2)19(12)18-16(20)11-21-15-8-6-14(10-17)7-9-15/h6-9,12-13H,3-5,11H2,1-2H3,(H,18,20)/t12-,13+. The molecule has 1 aromatic carbocycles. The Hall–Kier alpha value is -2.06. The molecule has 0 aromatic heterocycles. The largest absolute Gasteiger partial charge is 0.484 e. The number of rotatable bonds is 4. The molecule has 1 aliphatic heterocycles. The Morgan fingerprint density at radius 2 is 1.95 bits per heavy atom. The molecule has 1 amide bonds. The van der Waals surface area contributed by atoms with Crippen molar-refractivity contribution in [2.45, 2.75) is 45.2 Å². The van der Waals surface area contributed by atoms with Crippen molar-refractivity contribution in [2.24, 2.45) is 0 Å². The van der Waals surface area contributed by atoms with Crippen LogP contribution in [0.1, 0.15) is 38.7 Å². The van der Waals surface area contributed by atoms with Crippen LogP contribution in [-0.2, 0) is 4.79 Å². The lowest BCUT2D eigenvalue weighted by atomic mass is 10.00. The number of ether oxygens (including phenoxy) is 1. The Morgan fingerprint density at radius 1 is 1.33 bits per heavy atom. The monoisotopic (exact) mass is 287 g/mol. The maximum atomic E-state index is 12.0. The van der Waals surface area contributed by atoms with Crippen molar-refractivity contribution in [3.8, 4) is 11.8 Å². The highest BCUT2D eigenvalue weighted by Crippen LogP contribution is 2.20. The van der Waals surface area contributed by atoms with Gasteiger partial charge >= 0.3 is 0 Å². The van der Waals surface area contributed by atoms with Crippen LogP contribution in [-0.4, -0.2) is 29.6 Å². The highest BCUT2D eigenvalue weighted by atomic mass is 16.5. The van der Waals surface area contributed by atoms with Crippen molar-refractivity contribution in [2.75, 3.05) is 6.61 Å². The van der Waals surface area contributed by atoms with Gasteiger partial charge in [0.1, 0.15) is 5.75 Å². The molecule has 2 atom stereocenters. The number of benzene rings is 1. The third kappa shape index (κ3) is 4.20. The third-order valence-electron chi connectivity index (χ3n) is 3.80. The van der Waals surface area contributed by atoms with Gasteiger partial charge in [0.2, 0.25) is 0 Å². The Bertz CT molecular complexity index is 511. The number of amides is 1. The quantitative estimate of drug-likeness (QED) is 0.922. The van der Waals surface area contributed by atoms with Gasteiger partial charge in [-0.1, -0.05) is 6.42 Å². The van der Waals surface area contributed by atoms with E-state index in [-0.39, 0.29) is 12.5 Å². The normalized spacial score (nSPS) is 22.3.